The zero-order chi connectivity index (χ0) is 29.3. The number of nitrogens with zero attached hydrogens (tertiary/aromatic N) is 5. The second-order valence-electron chi connectivity index (χ2n) is 10.1. The number of amides is 1. The smallest absolute Gasteiger partial charge is 0.219 e. The van der Waals surface area contributed by atoms with Crippen LogP contribution >= 0.6 is 0 Å². The van der Waals surface area contributed by atoms with Crippen LogP contribution in [-0.4, -0.2) is 76.3 Å². The molecule has 2 aromatic carbocycles. The van der Waals surface area contributed by atoms with Crippen molar-refractivity contribution in [2.45, 2.75) is 25.3 Å². The Bertz CT molecular complexity index is 1710. The van der Waals surface area contributed by atoms with Crippen LogP contribution in [0.5, 0.6) is 11.5 Å². The van der Waals surface area contributed by atoms with E-state index >= 15 is 0 Å². The van der Waals surface area contributed by atoms with Crippen molar-refractivity contribution < 1.29 is 18.5 Å². The molecule has 11 nitrogen and oxygen atoms in total. The second-order valence-corrected chi connectivity index (χ2v) is 12.3. The van der Waals surface area contributed by atoms with Crippen LogP contribution < -0.4 is 19.7 Å². The highest BCUT2D eigenvalue weighted by atomic mass is 32.2. The lowest BCUT2D eigenvalue weighted by Crippen LogP contribution is -2.48. The van der Waals surface area contributed by atoms with Gasteiger partial charge < -0.3 is 24.6 Å². The van der Waals surface area contributed by atoms with Crippen molar-refractivity contribution in [3.63, 3.8) is 0 Å². The number of ether oxygens (including phenoxy) is 2. The average Bonchev–Trinajstić information content (AvgIpc) is 3.30. The molecule has 1 aliphatic heterocycles. The third kappa shape index (κ3) is 5.78. The number of rotatable bonds is 8. The van der Waals surface area contributed by atoms with Crippen molar-refractivity contribution >= 4 is 32.9 Å². The Morgan fingerprint density at radius 1 is 1.05 bits per heavy atom. The predicted octanol–water partition coefficient (Wildman–Crippen LogP) is 4.04. The van der Waals surface area contributed by atoms with Gasteiger partial charge in [-0.25, -0.2) is 14.0 Å². The minimum Gasteiger partial charge on any atom is -0.493 e. The summed E-state index contributed by atoms with van der Waals surface area (Å²) >= 11 is 0. The van der Waals surface area contributed by atoms with Gasteiger partial charge in [-0.05, 0) is 42.3 Å². The summed E-state index contributed by atoms with van der Waals surface area (Å²) in [6, 6.07) is 15.0. The fraction of sp³-hybridized carbons (Fsp3) is 0.345. The van der Waals surface area contributed by atoms with Crippen LogP contribution in [0.1, 0.15) is 18.2 Å². The molecule has 1 saturated heterocycles. The van der Waals surface area contributed by atoms with Crippen LogP contribution in [-0.2, 0) is 21.1 Å². The standard InChI is InChI=1S/C29H35N7O4S/c1-19-28(22-9-10-24(39-3)25(16-22)40-4)29-32-27(35-13-11-34(12-14-35)20(2)37)17-26(36(29)33-19)31-18-21-7-6-8-23(15-21)41(5,30)38/h6-10,15-17,30-31H,11-14,18H2,1-5H3. The molecule has 0 aliphatic carbocycles. The Labute approximate surface area is 240 Å². The quantitative estimate of drug-likeness (QED) is 0.322. The van der Waals surface area contributed by atoms with E-state index in [2.05, 4.69) is 10.2 Å². The molecule has 2 N–H and O–H groups in total. The maximum atomic E-state index is 12.3. The highest BCUT2D eigenvalue weighted by Gasteiger charge is 2.23. The molecule has 0 spiro atoms. The van der Waals surface area contributed by atoms with Gasteiger partial charge in [0, 0.05) is 62.4 Å². The van der Waals surface area contributed by atoms with Crippen molar-refractivity contribution in [3.05, 3.63) is 59.8 Å². The zero-order valence-corrected chi connectivity index (χ0v) is 24.7. The highest BCUT2D eigenvalue weighted by molar-refractivity contribution is 7.91. The molecule has 0 bridgehead atoms. The maximum Gasteiger partial charge on any atom is 0.219 e. The number of aromatic nitrogens is 3. The first-order valence-corrected chi connectivity index (χ1v) is 15.3. The second kappa shape index (κ2) is 11.3. The number of anilines is 2. The van der Waals surface area contributed by atoms with Crippen molar-refractivity contribution in [2.24, 2.45) is 0 Å². The molecule has 216 valence electrons. The minimum absolute atomic E-state index is 0.0727. The van der Waals surface area contributed by atoms with Crippen LogP contribution in [0.15, 0.2) is 53.4 Å². The molecule has 5 rings (SSSR count). The van der Waals surface area contributed by atoms with E-state index in [4.69, 9.17) is 24.3 Å². The number of benzene rings is 2. The lowest BCUT2D eigenvalue weighted by atomic mass is 10.1. The first-order chi connectivity index (χ1) is 19.6. The molecule has 1 fully saturated rings. The monoisotopic (exact) mass is 577 g/mol. The molecule has 1 amide bonds. The lowest BCUT2D eigenvalue weighted by molar-refractivity contribution is -0.129. The Morgan fingerprint density at radius 3 is 2.44 bits per heavy atom. The fourth-order valence-electron chi connectivity index (χ4n) is 5.07. The van der Waals surface area contributed by atoms with E-state index in [1.807, 2.05) is 48.2 Å². The van der Waals surface area contributed by atoms with Crippen molar-refractivity contribution in [1.82, 2.24) is 19.5 Å². The molecule has 0 radical (unpaired) electrons. The molecule has 1 aliphatic rings. The van der Waals surface area contributed by atoms with Gasteiger partial charge in [-0.1, -0.05) is 18.2 Å². The van der Waals surface area contributed by atoms with Crippen LogP contribution in [0, 0.1) is 11.7 Å². The van der Waals surface area contributed by atoms with Gasteiger partial charge in [0.2, 0.25) is 5.91 Å². The Morgan fingerprint density at radius 2 is 1.78 bits per heavy atom. The normalized spacial score (nSPS) is 15.0. The molecule has 41 heavy (non-hydrogen) atoms. The number of carbonyl (C=O) groups is 1. The molecule has 1 atom stereocenters. The number of nitrogens with one attached hydrogen (secondary N) is 2. The molecular weight excluding hydrogens is 542 g/mol. The van der Waals surface area contributed by atoms with E-state index < -0.39 is 9.73 Å². The van der Waals surface area contributed by atoms with Crippen LogP contribution in [0.2, 0.25) is 0 Å². The van der Waals surface area contributed by atoms with E-state index in [1.54, 1.807) is 37.8 Å². The van der Waals surface area contributed by atoms with Crippen molar-refractivity contribution in [1.29, 1.82) is 4.78 Å². The summed E-state index contributed by atoms with van der Waals surface area (Å²) in [5.74, 6) is 2.84. The van der Waals surface area contributed by atoms with Gasteiger partial charge >= 0.3 is 0 Å². The van der Waals surface area contributed by atoms with Gasteiger partial charge in [0.05, 0.1) is 29.6 Å². The van der Waals surface area contributed by atoms with Crippen LogP contribution in [0.4, 0.5) is 11.6 Å². The van der Waals surface area contributed by atoms with Crippen LogP contribution in [0.25, 0.3) is 16.8 Å². The van der Waals surface area contributed by atoms with Crippen molar-refractivity contribution in [3.8, 4) is 22.6 Å². The number of piperazine rings is 1. The number of hydrogen-bond acceptors (Lipinski definition) is 9. The molecular formula is C29H35N7O4S. The van der Waals surface area contributed by atoms with Crippen molar-refractivity contribution in [2.75, 3.05) is 56.9 Å². The summed E-state index contributed by atoms with van der Waals surface area (Å²) in [5, 5.41) is 8.34. The van der Waals surface area contributed by atoms with E-state index in [9.17, 15) is 9.00 Å². The fourth-order valence-corrected chi connectivity index (χ4v) is 5.78. The largest absolute Gasteiger partial charge is 0.493 e. The van der Waals surface area contributed by atoms with E-state index in [-0.39, 0.29) is 5.91 Å². The first-order valence-electron chi connectivity index (χ1n) is 13.3. The van der Waals surface area contributed by atoms with Gasteiger partial charge in [-0.15, -0.1) is 0 Å². The lowest BCUT2D eigenvalue weighted by Gasteiger charge is -2.35. The molecule has 1 unspecified atom stereocenters. The maximum absolute atomic E-state index is 12.3. The van der Waals surface area contributed by atoms with E-state index in [0.29, 0.717) is 54.8 Å². The third-order valence-corrected chi connectivity index (χ3v) is 8.45. The zero-order valence-electron chi connectivity index (χ0n) is 23.9. The van der Waals surface area contributed by atoms with Gasteiger partial charge in [0.25, 0.3) is 0 Å². The number of methoxy groups -OCH3 is 2. The number of fused-ring (bicyclic) bond motifs is 1. The Hall–Kier alpha value is -4.32. The molecule has 3 heterocycles. The number of aryl methyl sites for hydroxylation is 1. The van der Waals surface area contributed by atoms with Gasteiger partial charge in [-0.3, -0.25) is 4.79 Å². The molecule has 0 saturated carbocycles. The summed E-state index contributed by atoms with van der Waals surface area (Å²) < 4.78 is 33.1. The van der Waals surface area contributed by atoms with Gasteiger partial charge in [0.15, 0.2) is 17.1 Å². The summed E-state index contributed by atoms with van der Waals surface area (Å²) in [6.07, 6.45) is 1.42. The third-order valence-electron chi connectivity index (χ3n) is 7.29. The summed E-state index contributed by atoms with van der Waals surface area (Å²) in [5.41, 5.74) is 4.15. The highest BCUT2D eigenvalue weighted by Crippen LogP contribution is 2.36. The topological polar surface area (TPSA) is 125 Å². The van der Waals surface area contributed by atoms with Crippen LogP contribution in [0.3, 0.4) is 0 Å². The average molecular weight is 578 g/mol. The van der Waals surface area contributed by atoms with Gasteiger partial charge in [0.1, 0.15) is 11.6 Å². The summed E-state index contributed by atoms with van der Waals surface area (Å²) in [4.78, 5) is 21.5. The summed E-state index contributed by atoms with van der Waals surface area (Å²) in [6.45, 7) is 6.56. The number of hydrogen-bond donors (Lipinski definition) is 2. The molecule has 12 heteroatoms. The summed E-state index contributed by atoms with van der Waals surface area (Å²) in [7, 11) is 0.385. The predicted molar refractivity (Wildman–Crippen MR) is 160 cm³/mol. The first kappa shape index (κ1) is 28.2. The minimum atomic E-state index is -2.83. The number of carbonyl (C=O) groups excluding carboxylic acids is 1. The Balaban J connectivity index is 1.58. The SMILES string of the molecule is COc1ccc(-c2c(C)nn3c(NCc4cccc(S(C)(=N)=O)c4)cc(N4CCN(C(C)=O)CC4)nc23)cc1OC. The van der Waals surface area contributed by atoms with Gasteiger partial charge in [-0.2, -0.15) is 9.61 Å². The Kier molecular flexibility index (Phi) is 7.76. The molecule has 2 aromatic heterocycles. The molecule has 4 aromatic rings. The van der Waals surface area contributed by atoms with E-state index in [0.717, 1.165) is 34.0 Å². The van der Waals surface area contributed by atoms with E-state index in [1.165, 1.54) is 6.26 Å².